The number of pyridine rings is 1. The Morgan fingerprint density at radius 3 is 2.07 bits per heavy atom. The molecule has 2 N–H and O–H groups in total. The maximum absolute atomic E-state index is 16.6. The highest BCUT2D eigenvalue weighted by atomic mass is 31.2. The van der Waals surface area contributed by atoms with Crippen LogP contribution in [0.3, 0.4) is 0 Å². The van der Waals surface area contributed by atoms with Gasteiger partial charge in [0.1, 0.15) is 23.3 Å². The second-order valence-corrected chi connectivity index (χ2v) is 16.6. The minimum atomic E-state index is -3.70. The van der Waals surface area contributed by atoms with Crippen LogP contribution in [-0.2, 0) is 42.0 Å². The lowest BCUT2D eigenvalue weighted by Gasteiger charge is -2.33. The van der Waals surface area contributed by atoms with Crippen molar-refractivity contribution in [2.24, 2.45) is 5.41 Å². The summed E-state index contributed by atoms with van der Waals surface area (Å²) < 4.78 is 78.1. The lowest BCUT2D eigenvalue weighted by Crippen LogP contribution is -2.43. The van der Waals surface area contributed by atoms with E-state index in [0.717, 1.165) is 0 Å². The normalized spacial score (nSPS) is 25.6. The van der Waals surface area contributed by atoms with E-state index in [1.165, 1.54) is 58.3 Å². The van der Waals surface area contributed by atoms with Crippen LogP contribution in [-0.4, -0.2) is 96.7 Å². The molecule has 260 valence electrons. The van der Waals surface area contributed by atoms with Gasteiger partial charge in [-0.2, -0.15) is 0 Å². The minimum absolute atomic E-state index is 0.289. The van der Waals surface area contributed by atoms with Crippen molar-refractivity contribution in [3.8, 4) is 5.75 Å². The van der Waals surface area contributed by atoms with Crippen LogP contribution in [0.4, 0.5) is 4.39 Å². The lowest BCUT2D eigenvalue weighted by atomic mass is 9.82. The van der Waals surface area contributed by atoms with Crippen molar-refractivity contribution in [2.45, 2.75) is 91.3 Å². The summed E-state index contributed by atoms with van der Waals surface area (Å²) in [6, 6.07) is -0.318. The van der Waals surface area contributed by atoms with Crippen molar-refractivity contribution in [2.75, 3.05) is 33.7 Å². The van der Waals surface area contributed by atoms with Crippen LogP contribution < -0.4 is 14.9 Å². The molecular weight excluding hydrogens is 647 g/mol. The number of esters is 2. The van der Waals surface area contributed by atoms with Gasteiger partial charge in [0.25, 0.3) is 15.0 Å². The molecule has 15 nitrogen and oxygen atoms in total. The van der Waals surface area contributed by atoms with E-state index in [-0.39, 0.29) is 17.9 Å². The van der Waals surface area contributed by atoms with Gasteiger partial charge in [0.2, 0.25) is 0 Å². The fraction of sp³-hybridized carbons (Fsp3) is 0.714. The number of hydrogen-bond donors (Lipinski definition) is 2. The van der Waals surface area contributed by atoms with Crippen LogP contribution in [0.1, 0.15) is 54.7 Å². The Bertz CT molecular complexity index is 1480. The van der Waals surface area contributed by atoms with Crippen molar-refractivity contribution in [1.82, 2.24) is 24.7 Å². The van der Waals surface area contributed by atoms with Gasteiger partial charge in [0, 0.05) is 25.6 Å². The molecular formula is C28H46FN5O10P2. The van der Waals surface area contributed by atoms with Crippen molar-refractivity contribution < 1.29 is 51.1 Å². The van der Waals surface area contributed by atoms with Gasteiger partial charge in [-0.25, -0.2) is 24.5 Å². The first-order valence-corrected chi connectivity index (χ1v) is 19.0. The number of methoxy groups -OCH3 is 1. The molecule has 3 rings (SSSR count). The molecule has 8 atom stereocenters. The Labute approximate surface area is 268 Å². The molecule has 18 heteroatoms. The van der Waals surface area contributed by atoms with Gasteiger partial charge in [-0.1, -0.05) is 6.92 Å². The number of rotatable bonds is 16. The fourth-order valence-corrected chi connectivity index (χ4v) is 7.50. The largest absolute Gasteiger partial charge is 0.494 e. The molecule has 46 heavy (non-hydrogen) atoms. The third-order valence-corrected chi connectivity index (χ3v) is 10.2. The molecule has 0 bridgehead atoms. The van der Waals surface area contributed by atoms with E-state index in [1.807, 2.05) is 0 Å². The van der Waals surface area contributed by atoms with Crippen molar-refractivity contribution in [3.63, 3.8) is 0 Å². The van der Waals surface area contributed by atoms with E-state index in [0.29, 0.717) is 11.3 Å². The zero-order valence-electron chi connectivity index (χ0n) is 27.9. The highest BCUT2D eigenvalue weighted by molar-refractivity contribution is 7.56. The number of ether oxygens (including phenoxy) is 4. The third-order valence-electron chi connectivity index (χ3n) is 7.20. The lowest BCUT2D eigenvalue weighted by molar-refractivity contribution is -0.149. The van der Waals surface area contributed by atoms with E-state index in [9.17, 15) is 18.7 Å². The van der Waals surface area contributed by atoms with Gasteiger partial charge < -0.3 is 28.0 Å². The SMILES string of the molecule is COc1ccnc2c1ncn2C1O[C@H](COP(C)(=O)N[C@@H](C)C(=O)OC(C)C)[C@](C)(COP(C)(=O)N[C@@H](C)C(=O)OC(C)C)C1F. The van der Waals surface area contributed by atoms with E-state index in [4.69, 9.17) is 28.0 Å². The molecule has 0 spiro atoms. The number of alkyl halides is 1. The molecule has 2 aromatic heterocycles. The number of nitrogens with one attached hydrogen (secondary N) is 2. The number of nitrogens with zero attached hydrogens (tertiary/aromatic N) is 3. The van der Waals surface area contributed by atoms with Crippen molar-refractivity contribution >= 4 is 38.1 Å². The quantitative estimate of drug-likeness (QED) is 0.189. The molecule has 0 amide bonds. The van der Waals surface area contributed by atoms with Crippen LogP contribution >= 0.6 is 15.0 Å². The predicted molar refractivity (Wildman–Crippen MR) is 168 cm³/mol. The summed E-state index contributed by atoms with van der Waals surface area (Å²) in [6.45, 7) is 12.9. The Morgan fingerprint density at radius 1 is 1.00 bits per heavy atom. The number of carbonyl (C=O) groups excluding carboxylic acids is 2. The van der Waals surface area contributed by atoms with Gasteiger partial charge in [0.05, 0.1) is 50.4 Å². The van der Waals surface area contributed by atoms with Crippen LogP contribution in [0, 0.1) is 5.41 Å². The first-order valence-electron chi connectivity index (χ1n) is 14.9. The van der Waals surface area contributed by atoms with Gasteiger partial charge >= 0.3 is 11.9 Å². The van der Waals surface area contributed by atoms with E-state index >= 15 is 4.39 Å². The smallest absolute Gasteiger partial charge is 0.323 e. The first-order chi connectivity index (χ1) is 21.3. The van der Waals surface area contributed by atoms with Crippen molar-refractivity contribution in [1.29, 1.82) is 0 Å². The summed E-state index contributed by atoms with van der Waals surface area (Å²) >= 11 is 0. The Kier molecular flexibility index (Phi) is 12.5. The molecule has 0 aliphatic carbocycles. The number of fused-ring (bicyclic) bond motifs is 1. The van der Waals surface area contributed by atoms with E-state index in [1.54, 1.807) is 33.8 Å². The standard InChI is InChI=1S/C28H46FN5O10P2/c1-16(2)42-26(35)18(5)32-45(9,37)40-13-21-28(7,14-41-46(10,38)33-19(6)27(36)43-17(3)4)23(29)25(44-21)34-15-31-22-20(39-8)11-12-30-24(22)34/h11-12,15-19,21,23,25H,13-14H2,1-10H3,(H,32,37)(H,33,38)/t18-,19-,21+,23?,25?,28-,45?,46?/m0/s1. The van der Waals surface area contributed by atoms with Gasteiger partial charge in [-0.05, 0) is 41.5 Å². The summed E-state index contributed by atoms with van der Waals surface area (Å²) in [5.41, 5.74) is -0.859. The Balaban J connectivity index is 1.86. The number of imidazole rings is 1. The molecule has 4 unspecified atom stereocenters. The highest BCUT2D eigenvalue weighted by Crippen LogP contribution is 2.51. The predicted octanol–water partition coefficient (Wildman–Crippen LogP) is 4.22. The monoisotopic (exact) mass is 693 g/mol. The Morgan fingerprint density at radius 2 is 1.54 bits per heavy atom. The van der Waals surface area contributed by atoms with Crippen LogP contribution in [0.25, 0.3) is 11.2 Å². The highest BCUT2D eigenvalue weighted by Gasteiger charge is 2.56. The molecule has 1 aliphatic rings. The van der Waals surface area contributed by atoms with Gasteiger partial charge in [-0.3, -0.25) is 23.3 Å². The maximum atomic E-state index is 16.6. The third kappa shape index (κ3) is 9.33. The zero-order chi connectivity index (χ0) is 34.6. The van der Waals surface area contributed by atoms with E-state index in [2.05, 4.69) is 20.1 Å². The molecule has 3 heterocycles. The average Bonchev–Trinajstić information content (AvgIpc) is 3.48. The summed E-state index contributed by atoms with van der Waals surface area (Å²) in [4.78, 5) is 33.2. The summed E-state index contributed by atoms with van der Waals surface area (Å²) in [7, 11) is -5.88. The van der Waals surface area contributed by atoms with Crippen LogP contribution in [0.2, 0.25) is 0 Å². The second-order valence-electron chi connectivity index (χ2n) is 12.2. The topological polar surface area (TPSA) is 178 Å². The molecule has 1 fully saturated rings. The van der Waals surface area contributed by atoms with Gasteiger partial charge in [-0.15, -0.1) is 0 Å². The van der Waals surface area contributed by atoms with Crippen LogP contribution in [0.5, 0.6) is 5.75 Å². The summed E-state index contributed by atoms with van der Waals surface area (Å²) in [5, 5.41) is 5.28. The minimum Gasteiger partial charge on any atom is -0.494 e. The molecule has 0 saturated carbocycles. The molecule has 2 aromatic rings. The number of hydrogen-bond acceptors (Lipinski definition) is 12. The summed E-state index contributed by atoms with van der Waals surface area (Å²) in [6.07, 6.45) is -2.10. The van der Waals surface area contributed by atoms with Gasteiger partial charge in [0.15, 0.2) is 18.0 Å². The van der Waals surface area contributed by atoms with Crippen LogP contribution in [0.15, 0.2) is 18.6 Å². The zero-order valence-corrected chi connectivity index (χ0v) is 29.7. The van der Waals surface area contributed by atoms with Crippen molar-refractivity contribution in [3.05, 3.63) is 18.6 Å². The Hall–Kier alpha value is -2.45. The molecule has 1 saturated heterocycles. The molecule has 1 aliphatic heterocycles. The second kappa shape index (κ2) is 15.2. The maximum Gasteiger partial charge on any atom is 0.323 e. The number of carbonyl (C=O) groups is 2. The molecule has 0 radical (unpaired) electrons. The number of aromatic nitrogens is 3. The number of halogens is 1. The fourth-order valence-electron chi connectivity index (χ4n) is 4.79. The van der Waals surface area contributed by atoms with E-state index < -0.39 is 76.2 Å². The summed E-state index contributed by atoms with van der Waals surface area (Å²) in [5.74, 6) is -0.819. The first kappa shape index (κ1) is 38.0. The molecule has 0 aromatic carbocycles. The average molecular weight is 694 g/mol.